The van der Waals surface area contributed by atoms with Crippen molar-refractivity contribution >= 4 is 11.0 Å². The first-order valence-corrected chi connectivity index (χ1v) is 8.10. The van der Waals surface area contributed by atoms with Crippen LogP contribution in [0, 0.1) is 0 Å². The summed E-state index contributed by atoms with van der Waals surface area (Å²) in [5, 5.41) is 11.8. The molecule has 0 radical (unpaired) electrons. The van der Waals surface area contributed by atoms with E-state index >= 15 is 0 Å². The van der Waals surface area contributed by atoms with Gasteiger partial charge in [0.25, 0.3) is 0 Å². The van der Waals surface area contributed by atoms with Gasteiger partial charge in [0, 0.05) is 42.8 Å². The average Bonchev–Trinajstić information content (AvgIpc) is 2.86. The minimum atomic E-state index is -0.425. The van der Waals surface area contributed by atoms with E-state index in [4.69, 9.17) is 0 Å². The van der Waals surface area contributed by atoms with E-state index in [9.17, 15) is 5.11 Å². The molecule has 1 aliphatic carbocycles. The highest BCUT2D eigenvalue weighted by Gasteiger charge is 2.37. The zero-order valence-electron chi connectivity index (χ0n) is 12.4. The molecular weight excluding hydrogens is 262 g/mol. The fourth-order valence-electron chi connectivity index (χ4n) is 3.88. The van der Waals surface area contributed by atoms with Crippen molar-refractivity contribution in [3.8, 4) is 0 Å². The van der Waals surface area contributed by atoms with Gasteiger partial charge in [-0.3, -0.25) is 4.90 Å². The first-order valence-electron chi connectivity index (χ1n) is 8.10. The van der Waals surface area contributed by atoms with Gasteiger partial charge in [0.2, 0.25) is 0 Å². The van der Waals surface area contributed by atoms with Crippen molar-refractivity contribution < 1.29 is 5.11 Å². The summed E-state index contributed by atoms with van der Waals surface area (Å²) in [4.78, 5) is 10.2. The molecule has 0 amide bonds. The highest BCUT2D eigenvalue weighted by molar-refractivity contribution is 5.76. The predicted molar refractivity (Wildman–Crippen MR) is 83.3 cm³/mol. The van der Waals surface area contributed by atoms with Gasteiger partial charge in [-0.05, 0) is 31.0 Å². The Morgan fingerprint density at radius 2 is 2.10 bits per heavy atom. The van der Waals surface area contributed by atoms with E-state index in [0.717, 1.165) is 38.1 Å². The van der Waals surface area contributed by atoms with Crippen molar-refractivity contribution in [3.63, 3.8) is 0 Å². The molecule has 21 heavy (non-hydrogen) atoms. The molecular formula is C17H23N3O. The van der Waals surface area contributed by atoms with E-state index in [0.29, 0.717) is 5.92 Å². The Bertz CT molecular complexity index is 591. The van der Waals surface area contributed by atoms with Gasteiger partial charge in [-0.1, -0.05) is 19.3 Å². The van der Waals surface area contributed by atoms with Crippen molar-refractivity contribution in [1.29, 1.82) is 0 Å². The van der Waals surface area contributed by atoms with Crippen LogP contribution in [0.25, 0.3) is 11.0 Å². The molecule has 4 rings (SSSR count). The van der Waals surface area contributed by atoms with Gasteiger partial charge in [-0.2, -0.15) is 0 Å². The van der Waals surface area contributed by atoms with E-state index in [1.807, 2.05) is 12.3 Å². The lowest BCUT2D eigenvalue weighted by Gasteiger charge is -2.44. The number of rotatable bonds is 3. The molecule has 0 unspecified atom stereocenters. The molecule has 2 aliphatic rings. The zero-order valence-corrected chi connectivity index (χ0v) is 12.4. The molecule has 2 aromatic heterocycles. The Labute approximate surface area is 125 Å². The summed E-state index contributed by atoms with van der Waals surface area (Å²) in [5.41, 5.74) is 1.85. The molecule has 3 heterocycles. The van der Waals surface area contributed by atoms with Crippen LogP contribution in [-0.4, -0.2) is 45.2 Å². The maximum Gasteiger partial charge on any atom is 0.137 e. The maximum atomic E-state index is 10.6. The van der Waals surface area contributed by atoms with Crippen molar-refractivity contribution in [1.82, 2.24) is 14.9 Å². The predicted octanol–water partition coefficient (Wildman–Crippen LogP) is 2.66. The first-order chi connectivity index (χ1) is 10.2. The number of β-amino-alcohol motifs (C(OH)–C–C–N with tert-alkyl or cyclic N) is 1. The van der Waals surface area contributed by atoms with Crippen molar-refractivity contribution in [2.24, 2.45) is 0 Å². The molecule has 4 nitrogen and oxygen atoms in total. The topological polar surface area (TPSA) is 52.1 Å². The molecule has 4 heteroatoms. The maximum absolute atomic E-state index is 10.6. The molecule has 0 bridgehead atoms. The van der Waals surface area contributed by atoms with Crippen LogP contribution < -0.4 is 0 Å². The quantitative estimate of drug-likeness (QED) is 0.911. The lowest BCUT2D eigenvalue weighted by atomic mass is 9.83. The Morgan fingerprint density at radius 3 is 2.86 bits per heavy atom. The van der Waals surface area contributed by atoms with Crippen molar-refractivity contribution in [2.45, 2.75) is 43.6 Å². The zero-order chi connectivity index (χ0) is 14.3. The summed E-state index contributed by atoms with van der Waals surface area (Å²) in [6.45, 7) is 2.95. The second-order valence-corrected chi connectivity index (χ2v) is 6.84. The van der Waals surface area contributed by atoms with Gasteiger partial charge in [-0.15, -0.1) is 0 Å². The summed E-state index contributed by atoms with van der Waals surface area (Å²) in [5.74, 6) is 0.561. The largest absolute Gasteiger partial charge is 0.389 e. The lowest BCUT2D eigenvalue weighted by molar-refractivity contribution is -0.0444. The fourth-order valence-corrected chi connectivity index (χ4v) is 3.88. The fraction of sp³-hybridized carbons (Fsp3) is 0.588. The minimum Gasteiger partial charge on any atom is -0.389 e. The number of hydrogen-bond acceptors (Lipinski definition) is 3. The Balaban J connectivity index is 1.38. The van der Waals surface area contributed by atoms with Crippen LogP contribution >= 0.6 is 0 Å². The molecule has 1 aliphatic heterocycles. The summed E-state index contributed by atoms with van der Waals surface area (Å²) in [7, 11) is 0. The van der Waals surface area contributed by atoms with E-state index in [1.165, 1.54) is 30.3 Å². The second-order valence-electron chi connectivity index (χ2n) is 6.84. The molecule has 2 fully saturated rings. The summed E-state index contributed by atoms with van der Waals surface area (Å²) >= 11 is 0. The molecule has 2 aromatic rings. The number of hydrogen-bond donors (Lipinski definition) is 2. The molecule has 0 spiro atoms. The monoisotopic (exact) mass is 285 g/mol. The van der Waals surface area contributed by atoms with Gasteiger partial charge in [0.1, 0.15) is 5.65 Å². The van der Waals surface area contributed by atoms with Gasteiger partial charge in [0.15, 0.2) is 0 Å². The smallest absolute Gasteiger partial charge is 0.137 e. The minimum absolute atomic E-state index is 0.425. The van der Waals surface area contributed by atoms with E-state index < -0.39 is 5.60 Å². The third-order valence-corrected chi connectivity index (χ3v) is 5.11. The molecule has 1 saturated heterocycles. The number of aromatic nitrogens is 2. The lowest BCUT2D eigenvalue weighted by Crippen LogP contribution is -2.53. The van der Waals surface area contributed by atoms with Crippen LogP contribution in [-0.2, 0) is 0 Å². The highest BCUT2D eigenvalue weighted by atomic mass is 16.3. The number of aromatic amines is 1. The van der Waals surface area contributed by atoms with E-state index in [2.05, 4.69) is 27.0 Å². The normalized spacial score (nSPS) is 23.3. The van der Waals surface area contributed by atoms with Gasteiger partial charge in [-0.25, -0.2) is 4.98 Å². The number of likely N-dealkylation sites (tertiary alicyclic amines) is 1. The van der Waals surface area contributed by atoms with Crippen molar-refractivity contribution in [2.75, 3.05) is 19.6 Å². The van der Waals surface area contributed by atoms with Crippen LogP contribution in [0.15, 0.2) is 24.4 Å². The Kier molecular flexibility index (Phi) is 3.23. The van der Waals surface area contributed by atoms with Gasteiger partial charge in [0.05, 0.1) is 5.60 Å². The number of pyridine rings is 1. The molecule has 112 valence electrons. The first kappa shape index (κ1) is 13.3. The standard InChI is InChI=1S/C17H23N3O/c21-17(6-2-1-3-7-17)12-20-10-14(11-20)15-9-13-5-4-8-18-16(13)19-15/h4-5,8-9,14,21H,1-3,6-7,10-12H2,(H,18,19). The SMILES string of the molecule is OC1(CN2CC(c3cc4cccnc4[nH]3)C2)CCCCC1. The van der Waals surface area contributed by atoms with Crippen LogP contribution in [0.2, 0.25) is 0 Å². The Hall–Kier alpha value is -1.39. The Morgan fingerprint density at radius 1 is 1.29 bits per heavy atom. The third kappa shape index (κ3) is 2.58. The number of nitrogens with one attached hydrogen (secondary N) is 1. The molecule has 0 aromatic carbocycles. The second kappa shape index (κ2) is 5.11. The van der Waals surface area contributed by atoms with E-state index in [1.54, 1.807) is 0 Å². The van der Waals surface area contributed by atoms with E-state index in [-0.39, 0.29) is 0 Å². The van der Waals surface area contributed by atoms with Crippen LogP contribution in [0.4, 0.5) is 0 Å². The summed E-state index contributed by atoms with van der Waals surface area (Å²) in [6.07, 6.45) is 7.43. The molecule has 1 saturated carbocycles. The average molecular weight is 285 g/mol. The number of aliphatic hydroxyl groups is 1. The number of nitrogens with zero attached hydrogens (tertiary/aromatic N) is 2. The third-order valence-electron chi connectivity index (χ3n) is 5.11. The summed E-state index contributed by atoms with van der Waals surface area (Å²) < 4.78 is 0. The van der Waals surface area contributed by atoms with Crippen molar-refractivity contribution in [3.05, 3.63) is 30.1 Å². The molecule has 2 N–H and O–H groups in total. The van der Waals surface area contributed by atoms with Crippen LogP contribution in [0.1, 0.15) is 43.7 Å². The number of H-pyrrole nitrogens is 1. The number of fused-ring (bicyclic) bond motifs is 1. The van der Waals surface area contributed by atoms with Gasteiger partial charge >= 0.3 is 0 Å². The summed E-state index contributed by atoms with van der Waals surface area (Å²) in [6, 6.07) is 6.30. The highest BCUT2D eigenvalue weighted by Crippen LogP contribution is 2.34. The van der Waals surface area contributed by atoms with Crippen LogP contribution in [0.3, 0.4) is 0 Å². The van der Waals surface area contributed by atoms with Crippen LogP contribution in [0.5, 0.6) is 0 Å². The van der Waals surface area contributed by atoms with Gasteiger partial charge < -0.3 is 10.1 Å². The molecule has 0 atom stereocenters.